The van der Waals surface area contributed by atoms with E-state index in [0.717, 1.165) is 11.1 Å². The molecule has 0 aliphatic rings. The maximum absolute atomic E-state index is 8.76. The fourth-order valence-electron chi connectivity index (χ4n) is 1.44. The van der Waals surface area contributed by atoms with E-state index in [2.05, 4.69) is 17.4 Å². The summed E-state index contributed by atoms with van der Waals surface area (Å²) in [4.78, 5) is 5.13. The van der Waals surface area contributed by atoms with E-state index in [1.54, 1.807) is 12.1 Å². The van der Waals surface area contributed by atoms with Crippen molar-refractivity contribution in [1.29, 1.82) is 5.26 Å². The quantitative estimate of drug-likeness (QED) is 0.604. The summed E-state index contributed by atoms with van der Waals surface area (Å²) in [7, 11) is 0. The molecular formula is C15H11N2O. The van der Waals surface area contributed by atoms with E-state index in [1.807, 2.05) is 42.5 Å². The van der Waals surface area contributed by atoms with Crippen molar-refractivity contribution in [2.24, 2.45) is 5.16 Å². The van der Waals surface area contributed by atoms with Crippen LogP contribution in [0.15, 0.2) is 59.8 Å². The molecule has 0 spiro atoms. The molecule has 0 unspecified atom stereocenters. The maximum Gasteiger partial charge on any atom is 0.142 e. The molecule has 2 rings (SSSR count). The average molecular weight is 235 g/mol. The van der Waals surface area contributed by atoms with Gasteiger partial charge in [-0.1, -0.05) is 47.6 Å². The first kappa shape index (κ1) is 11.9. The van der Waals surface area contributed by atoms with Crippen LogP contribution in [0.25, 0.3) is 0 Å². The second-order valence-corrected chi connectivity index (χ2v) is 3.65. The lowest BCUT2D eigenvalue weighted by Crippen LogP contribution is -1.89. The van der Waals surface area contributed by atoms with Gasteiger partial charge in [0, 0.05) is 5.56 Å². The molecule has 0 aromatic heterocycles. The third-order valence-electron chi connectivity index (χ3n) is 2.30. The first-order chi connectivity index (χ1) is 8.88. The van der Waals surface area contributed by atoms with E-state index in [4.69, 9.17) is 10.1 Å². The highest BCUT2D eigenvalue weighted by Gasteiger charge is 1.95. The Morgan fingerprint density at radius 1 is 1.00 bits per heavy atom. The molecule has 87 valence electrons. The van der Waals surface area contributed by atoms with E-state index < -0.39 is 0 Å². The molecule has 0 atom stereocenters. The molecule has 0 bridgehead atoms. The number of rotatable bonds is 4. The Hall–Kier alpha value is -2.60. The summed E-state index contributed by atoms with van der Waals surface area (Å²) in [6, 6.07) is 18.9. The number of nitrogens with zero attached hydrogens (tertiary/aromatic N) is 2. The van der Waals surface area contributed by atoms with Crippen molar-refractivity contribution in [1.82, 2.24) is 0 Å². The van der Waals surface area contributed by atoms with Crippen LogP contribution in [0.2, 0.25) is 0 Å². The Bertz CT molecular complexity index is 571. The first-order valence-corrected chi connectivity index (χ1v) is 5.50. The van der Waals surface area contributed by atoms with Crippen molar-refractivity contribution in [3.05, 3.63) is 71.3 Å². The van der Waals surface area contributed by atoms with Gasteiger partial charge < -0.3 is 4.84 Å². The van der Waals surface area contributed by atoms with E-state index in [-0.39, 0.29) is 0 Å². The summed E-state index contributed by atoms with van der Waals surface area (Å²) in [6.45, 7) is 0.329. The number of hydrogen-bond donors (Lipinski definition) is 0. The molecule has 2 aromatic rings. The molecule has 3 nitrogen and oxygen atoms in total. The first-order valence-electron chi connectivity index (χ1n) is 5.50. The molecule has 0 aliphatic carbocycles. The Balaban J connectivity index is 1.89. The predicted octanol–water partition coefficient (Wildman–Crippen LogP) is 2.99. The predicted molar refractivity (Wildman–Crippen MR) is 68.9 cm³/mol. The van der Waals surface area contributed by atoms with E-state index >= 15 is 0 Å². The van der Waals surface area contributed by atoms with Gasteiger partial charge in [0.05, 0.1) is 11.6 Å². The standard InChI is InChI=1S/C15H11N2O/c16-10-14-7-4-8-15(9-14)12-18-17-11-13-5-2-1-3-6-13/h1-9H,12H2. The summed E-state index contributed by atoms with van der Waals surface area (Å²) in [5.74, 6) is 0. The Labute approximate surface area is 106 Å². The molecule has 2 aromatic carbocycles. The van der Waals surface area contributed by atoms with Gasteiger partial charge in [-0.2, -0.15) is 5.26 Å². The van der Waals surface area contributed by atoms with Crippen molar-refractivity contribution >= 4 is 6.21 Å². The summed E-state index contributed by atoms with van der Waals surface area (Å²) in [5, 5.41) is 12.5. The zero-order chi connectivity index (χ0) is 12.6. The van der Waals surface area contributed by atoms with Crippen molar-refractivity contribution in [3.8, 4) is 6.07 Å². The van der Waals surface area contributed by atoms with Gasteiger partial charge in [0.1, 0.15) is 12.8 Å². The minimum Gasteiger partial charge on any atom is -0.390 e. The molecule has 0 fully saturated rings. The summed E-state index contributed by atoms with van der Waals surface area (Å²) < 4.78 is 0. The molecule has 0 aliphatic heterocycles. The number of hydrogen-bond acceptors (Lipinski definition) is 3. The zero-order valence-electron chi connectivity index (χ0n) is 9.71. The van der Waals surface area contributed by atoms with Crippen LogP contribution in [0.5, 0.6) is 0 Å². The fraction of sp³-hybridized carbons (Fsp3) is 0.0667. The van der Waals surface area contributed by atoms with Crippen LogP contribution >= 0.6 is 0 Å². The monoisotopic (exact) mass is 235 g/mol. The van der Waals surface area contributed by atoms with Crippen molar-refractivity contribution in [2.45, 2.75) is 6.61 Å². The highest BCUT2D eigenvalue weighted by atomic mass is 16.6. The lowest BCUT2D eigenvalue weighted by atomic mass is 10.1. The third-order valence-corrected chi connectivity index (χ3v) is 2.30. The van der Waals surface area contributed by atoms with Crippen LogP contribution in [-0.2, 0) is 11.4 Å². The van der Waals surface area contributed by atoms with E-state index in [0.29, 0.717) is 12.2 Å². The second kappa shape index (κ2) is 6.21. The summed E-state index contributed by atoms with van der Waals surface area (Å²) in [5.41, 5.74) is 2.39. The molecule has 0 amide bonds. The van der Waals surface area contributed by atoms with Crippen LogP contribution in [0.1, 0.15) is 16.7 Å². The van der Waals surface area contributed by atoms with Crippen LogP contribution in [-0.4, -0.2) is 6.21 Å². The minimum absolute atomic E-state index is 0.329. The molecule has 0 N–H and O–H groups in total. The Kier molecular flexibility index (Phi) is 4.10. The molecule has 0 heterocycles. The van der Waals surface area contributed by atoms with Gasteiger partial charge >= 0.3 is 0 Å². The maximum atomic E-state index is 8.76. The van der Waals surface area contributed by atoms with Gasteiger partial charge in [-0.05, 0) is 17.7 Å². The third kappa shape index (κ3) is 3.46. The highest BCUT2D eigenvalue weighted by molar-refractivity contribution is 5.78. The molecule has 0 saturated heterocycles. The molecule has 18 heavy (non-hydrogen) atoms. The molecular weight excluding hydrogens is 224 g/mol. The number of nitriles is 1. The van der Waals surface area contributed by atoms with Gasteiger partial charge in [-0.3, -0.25) is 0 Å². The lowest BCUT2D eigenvalue weighted by molar-refractivity contribution is 0.132. The van der Waals surface area contributed by atoms with Crippen LogP contribution in [0.4, 0.5) is 0 Å². The number of benzene rings is 2. The van der Waals surface area contributed by atoms with Gasteiger partial charge in [-0.25, -0.2) is 0 Å². The molecule has 0 saturated carbocycles. The van der Waals surface area contributed by atoms with Gasteiger partial charge in [-0.15, -0.1) is 0 Å². The average Bonchev–Trinajstić information content (AvgIpc) is 2.45. The van der Waals surface area contributed by atoms with Gasteiger partial charge in [0.25, 0.3) is 0 Å². The van der Waals surface area contributed by atoms with E-state index in [1.165, 1.54) is 0 Å². The smallest absolute Gasteiger partial charge is 0.142 e. The van der Waals surface area contributed by atoms with Crippen LogP contribution in [0.3, 0.4) is 0 Å². The summed E-state index contributed by atoms with van der Waals surface area (Å²) in [6.07, 6.45) is 2.78. The Morgan fingerprint density at radius 2 is 1.78 bits per heavy atom. The highest BCUT2D eigenvalue weighted by Crippen LogP contribution is 2.05. The SMILES string of the molecule is N#Cc1cccc(CO/N=[C]\c2ccccc2)c1. The molecule has 3 heteroatoms. The minimum atomic E-state index is 0.329. The van der Waals surface area contributed by atoms with Gasteiger partial charge in [0.15, 0.2) is 0 Å². The normalized spacial score (nSPS) is 10.2. The van der Waals surface area contributed by atoms with Crippen molar-refractivity contribution < 1.29 is 4.84 Å². The van der Waals surface area contributed by atoms with Crippen LogP contribution < -0.4 is 0 Å². The fourth-order valence-corrected chi connectivity index (χ4v) is 1.44. The lowest BCUT2D eigenvalue weighted by Gasteiger charge is -1.99. The zero-order valence-corrected chi connectivity index (χ0v) is 9.71. The van der Waals surface area contributed by atoms with Gasteiger partial charge in [0.2, 0.25) is 0 Å². The largest absolute Gasteiger partial charge is 0.390 e. The molecule has 1 radical (unpaired) electrons. The van der Waals surface area contributed by atoms with Crippen LogP contribution in [0, 0.1) is 11.3 Å². The second-order valence-electron chi connectivity index (χ2n) is 3.65. The van der Waals surface area contributed by atoms with Crippen molar-refractivity contribution in [2.75, 3.05) is 0 Å². The van der Waals surface area contributed by atoms with Crippen molar-refractivity contribution in [3.63, 3.8) is 0 Å². The van der Waals surface area contributed by atoms with E-state index in [9.17, 15) is 0 Å². The summed E-state index contributed by atoms with van der Waals surface area (Å²) >= 11 is 0. The topological polar surface area (TPSA) is 45.4 Å². The Morgan fingerprint density at radius 3 is 2.56 bits per heavy atom.